The zero-order valence-electron chi connectivity index (χ0n) is 13.0. The molecule has 0 saturated heterocycles. The number of likely N-dealkylation sites (N-methyl/N-ethyl adjacent to an activating group) is 1. The predicted molar refractivity (Wildman–Crippen MR) is 83.9 cm³/mol. The van der Waals surface area contributed by atoms with E-state index in [1.54, 1.807) is 0 Å². The lowest BCUT2D eigenvalue weighted by molar-refractivity contribution is 0.514. The van der Waals surface area contributed by atoms with Gasteiger partial charge < -0.3 is 5.32 Å². The average Bonchev–Trinajstić information content (AvgIpc) is 2.79. The molecule has 0 bridgehead atoms. The van der Waals surface area contributed by atoms with E-state index in [-0.39, 0.29) is 0 Å². The number of aryl methyl sites for hydroxylation is 3. The number of nitrogens with one attached hydrogen (secondary N) is 1. The van der Waals surface area contributed by atoms with Gasteiger partial charge in [0.2, 0.25) is 0 Å². The highest BCUT2D eigenvalue weighted by Crippen LogP contribution is 2.22. The summed E-state index contributed by atoms with van der Waals surface area (Å²) in [6.07, 6.45) is 0.980. The molecule has 108 valence electrons. The van der Waals surface area contributed by atoms with Gasteiger partial charge in [0, 0.05) is 24.7 Å². The molecule has 0 aliphatic heterocycles. The van der Waals surface area contributed by atoms with Gasteiger partial charge in [-0.05, 0) is 44.5 Å². The summed E-state index contributed by atoms with van der Waals surface area (Å²) in [5.74, 6) is 0. The molecule has 1 heterocycles. The topological polar surface area (TPSA) is 29.9 Å². The average molecular weight is 271 g/mol. The lowest BCUT2D eigenvalue weighted by Crippen LogP contribution is -2.24. The van der Waals surface area contributed by atoms with Crippen LogP contribution in [-0.4, -0.2) is 16.3 Å². The van der Waals surface area contributed by atoms with Crippen molar-refractivity contribution in [1.29, 1.82) is 0 Å². The van der Waals surface area contributed by atoms with Gasteiger partial charge in [0.1, 0.15) is 0 Å². The van der Waals surface area contributed by atoms with Crippen molar-refractivity contribution in [3.63, 3.8) is 0 Å². The fraction of sp³-hybridized carbons (Fsp3) is 0.471. The van der Waals surface area contributed by atoms with Crippen molar-refractivity contribution in [1.82, 2.24) is 15.1 Å². The van der Waals surface area contributed by atoms with Crippen LogP contribution in [0.25, 0.3) is 0 Å². The Bertz CT molecular complexity index is 557. The zero-order valence-corrected chi connectivity index (χ0v) is 13.0. The third-order valence-electron chi connectivity index (χ3n) is 3.71. The lowest BCUT2D eigenvalue weighted by atomic mass is 9.97. The quantitative estimate of drug-likeness (QED) is 0.872. The van der Waals surface area contributed by atoms with E-state index < -0.39 is 0 Å². The molecular formula is C17H25N3. The Morgan fingerprint density at radius 2 is 1.95 bits per heavy atom. The lowest BCUT2D eigenvalue weighted by Gasteiger charge is -2.20. The summed E-state index contributed by atoms with van der Waals surface area (Å²) in [5.41, 5.74) is 5.13. The Hall–Kier alpha value is -1.61. The Kier molecular flexibility index (Phi) is 4.96. The Labute approximate surface area is 122 Å². The summed E-state index contributed by atoms with van der Waals surface area (Å²) in [6, 6.07) is 11.2. The van der Waals surface area contributed by atoms with Crippen LogP contribution in [0, 0.1) is 13.8 Å². The molecule has 3 heteroatoms. The SMILES string of the molecule is CCNC(Cc1cc(C)nn1CC)c1ccccc1C. The normalized spacial score (nSPS) is 12.6. The van der Waals surface area contributed by atoms with E-state index in [0.29, 0.717) is 6.04 Å². The number of hydrogen-bond acceptors (Lipinski definition) is 2. The first kappa shape index (κ1) is 14.8. The molecule has 20 heavy (non-hydrogen) atoms. The van der Waals surface area contributed by atoms with Crippen molar-refractivity contribution in [3.05, 3.63) is 52.8 Å². The number of nitrogens with zero attached hydrogens (tertiary/aromatic N) is 2. The van der Waals surface area contributed by atoms with Gasteiger partial charge in [-0.25, -0.2) is 0 Å². The van der Waals surface area contributed by atoms with E-state index in [1.807, 2.05) is 0 Å². The molecule has 0 saturated carbocycles. The largest absolute Gasteiger partial charge is 0.310 e. The van der Waals surface area contributed by atoms with E-state index in [0.717, 1.165) is 25.2 Å². The van der Waals surface area contributed by atoms with E-state index >= 15 is 0 Å². The van der Waals surface area contributed by atoms with Crippen molar-refractivity contribution < 1.29 is 0 Å². The van der Waals surface area contributed by atoms with Crippen LogP contribution in [0.1, 0.15) is 42.4 Å². The van der Waals surface area contributed by atoms with Gasteiger partial charge in [-0.15, -0.1) is 0 Å². The summed E-state index contributed by atoms with van der Waals surface area (Å²) >= 11 is 0. The smallest absolute Gasteiger partial charge is 0.0596 e. The van der Waals surface area contributed by atoms with Crippen LogP contribution in [0.3, 0.4) is 0 Å². The molecule has 1 N–H and O–H groups in total. The van der Waals surface area contributed by atoms with Gasteiger partial charge in [0.15, 0.2) is 0 Å². The number of rotatable bonds is 6. The van der Waals surface area contributed by atoms with Crippen LogP contribution < -0.4 is 5.32 Å². The summed E-state index contributed by atoms with van der Waals surface area (Å²) in [7, 11) is 0. The fourth-order valence-electron chi connectivity index (χ4n) is 2.76. The van der Waals surface area contributed by atoms with Crippen LogP contribution in [-0.2, 0) is 13.0 Å². The van der Waals surface area contributed by atoms with E-state index in [4.69, 9.17) is 0 Å². The molecule has 2 rings (SSSR count). The highest BCUT2D eigenvalue weighted by Gasteiger charge is 2.16. The van der Waals surface area contributed by atoms with Crippen LogP contribution in [0.5, 0.6) is 0 Å². The van der Waals surface area contributed by atoms with Gasteiger partial charge in [-0.3, -0.25) is 4.68 Å². The van der Waals surface area contributed by atoms with Crippen LogP contribution in [0.15, 0.2) is 30.3 Å². The maximum Gasteiger partial charge on any atom is 0.0596 e. The molecule has 1 aromatic heterocycles. The minimum atomic E-state index is 0.350. The third-order valence-corrected chi connectivity index (χ3v) is 3.71. The fourth-order valence-corrected chi connectivity index (χ4v) is 2.76. The first-order valence-electron chi connectivity index (χ1n) is 7.48. The predicted octanol–water partition coefficient (Wildman–Crippen LogP) is 3.41. The second-order valence-corrected chi connectivity index (χ2v) is 5.26. The Balaban J connectivity index is 2.28. The van der Waals surface area contributed by atoms with E-state index in [2.05, 4.69) is 73.1 Å². The molecule has 0 amide bonds. The number of benzene rings is 1. The van der Waals surface area contributed by atoms with Crippen molar-refractivity contribution >= 4 is 0 Å². The Morgan fingerprint density at radius 3 is 2.60 bits per heavy atom. The summed E-state index contributed by atoms with van der Waals surface area (Å²) in [6.45, 7) is 10.4. The summed E-state index contributed by atoms with van der Waals surface area (Å²) < 4.78 is 2.11. The van der Waals surface area contributed by atoms with Crippen LogP contribution >= 0.6 is 0 Å². The second-order valence-electron chi connectivity index (χ2n) is 5.26. The molecule has 1 aromatic carbocycles. The second kappa shape index (κ2) is 6.71. The van der Waals surface area contributed by atoms with Crippen LogP contribution in [0.2, 0.25) is 0 Å². The molecule has 0 fully saturated rings. The standard InChI is InChI=1S/C17H25N3/c1-5-18-17(16-10-8-7-9-13(16)3)12-15-11-14(4)19-20(15)6-2/h7-11,17-18H,5-6,12H2,1-4H3. The molecule has 1 unspecified atom stereocenters. The van der Waals surface area contributed by atoms with Gasteiger partial charge in [0.25, 0.3) is 0 Å². The molecule has 0 aliphatic carbocycles. The summed E-state index contributed by atoms with van der Waals surface area (Å²) in [4.78, 5) is 0. The molecule has 0 radical (unpaired) electrons. The van der Waals surface area contributed by atoms with Crippen molar-refractivity contribution in [2.24, 2.45) is 0 Å². The van der Waals surface area contributed by atoms with Crippen LogP contribution in [0.4, 0.5) is 0 Å². The van der Waals surface area contributed by atoms with Crippen molar-refractivity contribution in [3.8, 4) is 0 Å². The highest BCUT2D eigenvalue weighted by molar-refractivity contribution is 5.30. The van der Waals surface area contributed by atoms with Gasteiger partial charge in [-0.1, -0.05) is 31.2 Å². The molecule has 0 aliphatic rings. The van der Waals surface area contributed by atoms with Crippen molar-refractivity contribution in [2.75, 3.05) is 6.54 Å². The van der Waals surface area contributed by atoms with Crippen molar-refractivity contribution in [2.45, 2.75) is 46.7 Å². The first-order valence-corrected chi connectivity index (χ1v) is 7.48. The minimum Gasteiger partial charge on any atom is -0.310 e. The maximum atomic E-state index is 4.55. The molecule has 1 atom stereocenters. The van der Waals surface area contributed by atoms with E-state index in [9.17, 15) is 0 Å². The summed E-state index contributed by atoms with van der Waals surface area (Å²) in [5, 5.41) is 8.15. The zero-order chi connectivity index (χ0) is 14.5. The van der Waals surface area contributed by atoms with Gasteiger partial charge >= 0.3 is 0 Å². The number of aromatic nitrogens is 2. The molecule has 0 spiro atoms. The third kappa shape index (κ3) is 3.28. The Morgan fingerprint density at radius 1 is 1.20 bits per heavy atom. The highest BCUT2D eigenvalue weighted by atomic mass is 15.3. The molecule has 2 aromatic rings. The molecule has 3 nitrogen and oxygen atoms in total. The number of hydrogen-bond donors (Lipinski definition) is 1. The monoisotopic (exact) mass is 271 g/mol. The first-order chi connectivity index (χ1) is 9.65. The van der Waals surface area contributed by atoms with Gasteiger partial charge in [0.05, 0.1) is 5.69 Å². The minimum absolute atomic E-state index is 0.350. The van der Waals surface area contributed by atoms with E-state index in [1.165, 1.54) is 16.8 Å². The molecular weight excluding hydrogens is 246 g/mol. The maximum absolute atomic E-state index is 4.55. The van der Waals surface area contributed by atoms with Gasteiger partial charge in [-0.2, -0.15) is 5.10 Å².